The Hall–Kier alpha value is -2.24. The Morgan fingerprint density at radius 2 is 1.32 bits per heavy atom. The van der Waals surface area contributed by atoms with E-state index >= 15 is 0 Å². The fraction of sp³-hybridized carbons (Fsp3) is 0.364. The predicted molar refractivity (Wildman–Crippen MR) is 97.9 cm³/mol. The standard InChI is InChI=1S/C22H20F6/c1-12-7-13-5-6-18(20(2,3)4)19(17(13)8-12)14-9-15(21(23,24)25)11-16(10-14)22(26,27)28/h5-6,8-11H,7H2,1-4H3. The number of hydrogen-bond donors (Lipinski definition) is 0. The van der Waals surface area contributed by atoms with Gasteiger partial charge in [-0.2, -0.15) is 26.3 Å². The van der Waals surface area contributed by atoms with Crippen molar-refractivity contribution in [2.24, 2.45) is 0 Å². The summed E-state index contributed by atoms with van der Waals surface area (Å²) in [6, 6.07) is 5.53. The van der Waals surface area contributed by atoms with Gasteiger partial charge < -0.3 is 0 Å². The molecule has 6 heteroatoms. The molecule has 0 saturated heterocycles. The number of allylic oxidation sites excluding steroid dienone is 1. The second-order valence-electron chi connectivity index (χ2n) is 8.27. The van der Waals surface area contributed by atoms with Crippen molar-refractivity contribution in [3.8, 4) is 11.1 Å². The molecule has 0 nitrogen and oxygen atoms in total. The van der Waals surface area contributed by atoms with Gasteiger partial charge in [0.15, 0.2) is 0 Å². The van der Waals surface area contributed by atoms with E-state index in [0.29, 0.717) is 23.1 Å². The van der Waals surface area contributed by atoms with Crippen molar-refractivity contribution in [2.75, 3.05) is 0 Å². The molecule has 0 fully saturated rings. The van der Waals surface area contributed by atoms with Crippen LogP contribution in [0.1, 0.15) is 55.5 Å². The molecule has 0 amide bonds. The van der Waals surface area contributed by atoms with Gasteiger partial charge in [0.2, 0.25) is 0 Å². The molecule has 0 atom stereocenters. The zero-order valence-corrected chi connectivity index (χ0v) is 15.9. The lowest BCUT2D eigenvalue weighted by atomic mass is 9.78. The zero-order valence-electron chi connectivity index (χ0n) is 15.9. The van der Waals surface area contributed by atoms with Gasteiger partial charge in [-0.25, -0.2) is 0 Å². The Labute approximate surface area is 159 Å². The van der Waals surface area contributed by atoms with Gasteiger partial charge in [0.25, 0.3) is 0 Å². The second kappa shape index (κ2) is 6.39. The van der Waals surface area contributed by atoms with Crippen LogP contribution >= 0.6 is 0 Å². The van der Waals surface area contributed by atoms with Crippen LogP contribution in [0.2, 0.25) is 0 Å². The van der Waals surface area contributed by atoms with Gasteiger partial charge in [-0.05, 0) is 64.8 Å². The van der Waals surface area contributed by atoms with Gasteiger partial charge in [-0.1, -0.05) is 44.6 Å². The van der Waals surface area contributed by atoms with E-state index in [1.807, 2.05) is 45.9 Å². The van der Waals surface area contributed by atoms with Crippen LogP contribution < -0.4 is 0 Å². The molecule has 0 bridgehead atoms. The molecule has 0 spiro atoms. The van der Waals surface area contributed by atoms with Crippen LogP contribution in [-0.4, -0.2) is 0 Å². The Bertz CT molecular complexity index is 920. The molecule has 2 aromatic rings. The Morgan fingerprint density at radius 1 is 0.786 bits per heavy atom. The number of rotatable bonds is 1. The second-order valence-corrected chi connectivity index (χ2v) is 8.27. The lowest BCUT2D eigenvalue weighted by Gasteiger charge is -2.26. The van der Waals surface area contributed by atoms with Crippen molar-refractivity contribution in [3.63, 3.8) is 0 Å². The summed E-state index contributed by atoms with van der Waals surface area (Å²) < 4.78 is 80.1. The molecule has 0 saturated carbocycles. The van der Waals surface area contributed by atoms with Crippen LogP contribution in [0, 0.1) is 0 Å². The molecule has 0 aliphatic heterocycles. The molecular formula is C22H20F6. The summed E-state index contributed by atoms with van der Waals surface area (Å²) in [5.41, 5.74) is 0.676. The summed E-state index contributed by atoms with van der Waals surface area (Å²) >= 11 is 0. The monoisotopic (exact) mass is 398 g/mol. The number of fused-ring (bicyclic) bond motifs is 1. The molecule has 0 unspecified atom stereocenters. The van der Waals surface area contributed by atoms with E-state index in [4.69, 9.17) is 0 Å². The molecule has 28 heavy (non-hydrogen) atoms. The minimum Gasteiger partial charge on any atom is -0.166 e. The fourth-order valence-electron chi connectivity index (χ4n) is 3.61. The molecule has 0 heterocycles. The molecular weight excluding hydrogens is 378 g/mol. The van der Waals surface area contributed by atoms with Crippen LogP contribution in [0.5, 0.6) is 0 Å². The Morgan fingerprint density at radius 3 is 1.79 bits per heavy atom. The van der Waals surface area contributed by atoms with E-state index in [-0.39, 0.29) is 11.6 Å². The maximum absolute atomic E-state index is 13.3. The maximum Gasteiger partial charge on any atom is 0.416 e. The van der Waals surface area contributed by atoms with Gasteiger partial charge in [-0.15, -0.1) is 0 Å². The molecule has 0 aromatic heterocycles. The highest BCUT2D eigenvalue weighted by molar-refractivity contribution is 5.84. The summed E-state index contributed by atoms with van der Waals surface area (Å²) in [6.07, 6.45) is -7.26. The zero-order chi connectivity index (χ0) is 21.1. The summed E-state index contributed by atoms with van der Waals surface area (Å²) in [6.45, 7) is 7.57. The van der Waals surface area contributed by atoms with Crippen LogP contribution in [-0.2, 0) is 24.2 Å². The topological polar surface area (TPSA) is 0 Å². The largest absolute Gasteiger partial charge is 0.416 e. The predicted octanol–water partition coefficient (Wildman–Crippen LogP) is 7.65. The molecule has 3 rings (SSSR count). The van der Waals surface area contributed by atoms with Gasteiger partial charge in [-0.3, -0.25) is 0 Å². The van der Waals surface area contributed by atoms with E-state index < -0.39 is 28.9 Å². The average molecular weight is 398 g/mol. The molecule has 1 aliphatic carbocycles. The third kappa shape index (κ3) is 3.82. The summed E-state index contributed by atoms with van der Waals surface area (Å²) in [5, 5.41) is 0. The number of benzene rings is 2. The highest BCUT2D eigenvalue weighted by Crippen LogP contribution is 2.44. The van der Waals surface area contributed by atoms with Crippen molar-refractivity contribution >= 4 is 6.08 Å². The maximum atomic E-state index is 13.3. The van der Waals surface area contributed by atoms with Crippen LogP contribution in [0.4, 0.5) is 26.3 Å². The summed E-state index contributed by atoms with van der Waals surface area (Å²) in [4.78, 5) is 0. The summed E-state index contributed by atoms with van der Waals surface area (Å²) in [5.74, 6) is 0. The lowest BCUT2D eigenvalue weighted by Crippen LogP contribution is -2.15. The number of alkyl halides is 6. The van der Waals surface area contributed by atoms with Crippen molar-refractivity contribution in [3.05, 3.63) is 63.7 Å². The van der Waals surface area contributed by atoms with Gasteiger partial charge >= 0.3 is 12.4 Å². The number of halogens is 6. The summed E-state index contributed by atoms with van der Waals surface area (Å²) in [7, 11) is 0. The first-order valence-corrected chi connectivity index (χ1v) is 8.81. The van der Waals surface area contributed by atoms with Gasteiger partial charge in [0.1, 0.15) is 0 Å². The van der Waals surface area contributed by atoms with Crippen LogP contribution in [0.3, 0.4) is 0 Å². The minimum absolute atomic E-state index is 0.0603. The molecule has 150 valence electrons. The first kappa shape index (κ1) is 20.5. The van der Waals surface area contributed by atoms with E-state index in [2.05, 4.69) is 0 Å². The number of hydrogen-bond acceptors (Lipinski definition) is 0. The fourth-order valence-corrected chi connectivity index (χ4v) is 3.61. The van der Waals surface area contributed by atoms with Crippen molar-refractivity contribution in [1.29, 1.82) is 0 Å². The highest BCUT2D eigenvalue weighted by Gasteiger charge is 2.38. The molecule has 0 radical (unpaired) electrons. The van der Waals surface area contributed by atoms with Gasteiger partial charge in [0, 0.05) is 0 Å². The SMILES string of the molecule is CC1=Cc2c(ccc(C(C)(C)C)c2-c2cc(C(F)(F)F)cc(C(F)(F)F)c2)C1. The van der Waals surface area contributed by atoms with Crippen molar-refractivity contribution in [2.45, 2.75) is 51.9 Å². The van der Waals surface area contributed by atoms with Crippen molar-refractivity contribution < 1.29 is 26.3 Å². The lowest BCUT2D eigenvalue weighted by molar-refractivity contribution is -0.143. The van der Waals surface area contributed by atoms with E-state index in [0.717, 1.165) is 23.3 Å². The molecule has 1 aliphatic rings. The molecule has 2 aromatic carbocycles. The van der Waals surface area contributed by atoms with Crippen LogP contribution in [0.25, 0.3) is 17.2 Å². The molecule has 0 N–H and O–H groups in total. The minimum atomic E-state index is -4.87. The normalized spacial score (nSPS) is 14.9. The highest BCUT2D eigenvalue weighted by atomic mass is 19.4. The third-order valence-electron chi connectivity index (χ3n) is 4.88. The Kier molecular flexibility index (Phi) is 4.68. The van der Waals surface area contributed by atoms with E-state index in [1.165, 1.54) is 0 Å². The smallest absolute Gasteiger partial charge is 0.166 e. The third-order valence-corrected chi connectivity index (χ3v) is 4.88. The first-order valence-electron chi connectivity index (χ1n) is 8.81. The van der Waals surface area contributed by atoms with Crippen molar-refractivity contribution in [1.82, 2.24) is 0 Å². The van der Waals surface area contributed by atoms with E-state index in [9.17, 15) is 26.3 Å². The first-order chi connectivity index (χ1) is 12.7. The Balaban J connectivity index is 2.40. The average Bonchev–Trinajstić information content (AvgIpc) is 2.91. The van der Waals surface area contributed by atoms with E-state index in [1.54, 1.807) is 0 Å². The van der Waals surface area contributed by atoms with Gasteiger partial charge in [0.05, 0.1) is 11.1 Å². The quantitative estimate of drug-likeness (QED) is 0.433. The van der Waals surface area contributed by atoms with Crippen LogP contribution in [0.15, 0.2) is 35.9 Å².